The Morgan fingerprint density at radius 1 is 1.08 bits per heavy atom. The first-order valence-corrected chi connectivity index (χ1v) is 8.87. The van der Waals surface area contributed by atoms with E-state index in [0.717, 1.165) is 17.7 Å². The molecule has 0 radical (unpaired) electrons. The second kappa shape index (κ2) is 7.53. The van der Waals surface area contributed by atoms with Gasteiger partial charge >= 0.3 is 0 Å². The lowest BCUT2D eigenvalue weighted by Gasteiger charge is -2.19. The summed E-state index contributed by atoms with van der Waals surface area (Å²) in [6.45, 7) is 4.43. The first-order valence-electron chi connectivity index (χ1n) is 7.99. The number of hydrazine groups is 1. The lowest BCUT2D eigenvalue weighted by atomic mass is 9.97. The highest BCUT2D eigenvalue weighted by molar-refractivity contribution is 8.16. The number of thioether (sulfide) groups is 1. The van der Waals surface area contributed by atoms with E-state index >= 15 is 0 Å². The van der Waals surface area contributed by atoms with Crippen LogP contribution >= 0.6 is 11.8 Å². The summed E-state index contributed by atoms with van der Waals surface area (Å²) in [6, 6.07) is 15.0. The molecule has 2 N–H and O–H groups in total. The number of benzene rings is 2. The number of amidine groups is 1. The van der Waals surface area contributed by atoms with E-state index in [1.165, 1.54) is 23.4 Å². The van der Waals surface area contributed by atoms with Crippen LogP contribution in [-0.4, -0.2) is 5.17 Å². The van der Waals surface area contributed by atoms with Gasteiger partial charge in [0.2, 0.25) is 0 Å². The third-order valence-electron chi connectivity index (χ3n) is 4.07. The zero-order valence-corrected chi connectivity index (χ0v) is 14.5. The van der Waals surface area contributed by atoms with Crippen molar-refractivity contribution in [2.75, 3.05) is 0 Å². The maximum Gasteiger partial charge on any atom is 0.185 e. The van der Waals surface area contributed by atoms with Crippen LogP contribution in [0.25, 0.3) is 5.70 Å². The smallest absolute Gasteiger partial charge is 0.185 e. The van der Waals surface area contributed by atoms with Gasteiger partial charge in [0.1, 0.15) is 11.5 Å². The van der Waals surface area contributed by atoms with Crippen LogP contribution in [0.3, 0.4) is 0 Å². The molecule has 0 saturated carbocycles. The molecule has 2 aromatic carbocycles. The Balaban J connectivity index is 1.72. The van der Waals surface area contributed by atoms with Gasteiger partial charge < -0.3 is 0 Å². The average molecular weight is 341 g/mol. The van der Waals surface area contributed by atoms with E-state index in [1.807, 2.05) is 5.41 Å². The van der Waals surface area contributed by atoms with Crippen LogP contribution in [-0.2, 0) is 0 Å². The first kappa shape index (κ1) is 16.6. The number of para-hydroxylation sites is 1. The third-order valence-corrected chi connectivity index (χ3v) is 4.84. The Morgan fingerprint density at radius 3 is 2.46 bits per heavy atom. The largest absolute Gasteiger partial charge is 0.298 e. The molecule has 124 valence electrons. The van der Waals surface area contributed by atoms with E-state index in [4.69, 9.17) is 0 Å². The summed E-state index contributed by atoms with van der Waals surface area (Å²) in [4.78, 5) is 4.28. The molecule has 1 aliphatic heterocycles. The fourth-order valence-corrected chi connectivity index (χ4v) is 3.05. The summed E-state index contributed by atoms with van der Waals surface area (Å²) < 4.78 is 13.6. The second-order valence-corrected chi connectivity index (χ2v) is 6.56. The Kier molecular flexibility index (Phi) is 5.20. The molecule has 5 heteroatoms. The number of nitrogens with zero attached hydrogens (tertiary/aromatic N) is 1. The van der Waals surface area contributed by atoms with Gasteiger partial charge in [0.05, 0.1) is 5.70 Å². The zero-order valence-electron chi connectivity index (χ0n) is 13.7. The summed E-state index contributed by atoms with van der Waals surface area (Å²) in [5.41, 5.74) is 9.89. The number of hydrogen-bond donors (Lipinski definition) is 2. The molecular formula is C19H20FN3S. The summed E-state index contributed by atoms with van der Waals surface area (Å²) >= 11 is 1.43. The van der Waals surface area contributed by atoms with E-state index in [2.05, 4.69) is 54.0 Å². The summed E-state index contributed by atoms with van der Waals surface area (Å²) in [5.74, 6) is 0.238. The standard InChI is InChI=1S/C19H20FN3S/c1-3-13(2)14-8-10-15(11-9-14)18-12-24-19(23-22-18)21-17-7-5-4-6-16(17)20/h4-13,22H,3H2,1-2H3,(H,21,23)/t13-/m1/s1. The van der Waals surface area contributed by atoms with E-state index < -0.39 is 0 Å². The molecule has 0 fully saturated rings. The van der Waals surface area contributed by atoms with Gasteiger partial charge in [-0.15, -0.1) is 0 Å². The first-order chi connectivity index (χ1) is 11.7. The Hall–Kier alpha value is -2.27. The minimum atomic E-state index is -0.331. The lowest BCUT2D eigenvalue weighted by Crippen LogP contribution is -2.36. The van der Waals surface area contributed by atoms with E-state index in [1.54, 1.807) is 18.2 Å². The molecule has 0 aromatic heterocycles. The van der Waals surface area contributed by atoms with E-state index in [0.29, 0.717) is 16.8 Å². The van der Waals surface area contributed by atoms with Gasteiger partial charge in [-0.05, 0) is 35.6 Å². The molecule has 3 nitrogen and oxygen atoms in total. The number of rotatable bonds is 4. The topological polar surface area (TPSA) is 36.4 Å². The highest BCUT2D eigenvalue weighted by atomic mass is 32.2. The van der Waals surface area contributed by atoms with Crippen LogP contribution < -0.4 is 10.9 Å². The Bertz CT molecular complexity index is 768. The normalized spacial score (nSPS) is 17.0. The van der Waals surface area contributed by atoms with Crippen molar-refractivity contribution in [3.8, 4) is 0 Å². The Morgan fingerprint density at radius 2 is 1.83 bits per heavy atom. The number of aliphatic imine (C=N–C) groups is 1. The van der Waals surface area contributed by atoms with E-state index in [9.17, 15) is 4.39 Å². The number of nitrogens with one attached hydrogen (secondary N) is 2. The van der Waals surface area contributed by atoms with Crippen LogP contribution in [0.4, 0.5) is 10.1 Å². The van der Waals surface area contributed by atoms with Crippen LogP contribution in [0.1, 0.15) is 37.3 Å². The molecule has 0 spiro atoms. The summed E-state index contributed by atoms with van der Waals surface area (Å²) in [7, 11) is 0. The fraction of sp³-hybridized carbons (Fsp3) is 0.211. The van der Waals surface area contributed by atoms with E-state index in [-0.39, 0.29) is 5.82 Å². The third kappa shape index (κ3) is 3.79. The van der Waals surface area contributed by atoms with Gasteiger partial charge in [0.25, 0.3) is 0 Å². The maximum atomic E-state index is 13.6. The van der Waals surface area contributed by atoms with Crippen LogP contribution in [0.2, 0.25) is 0 Å². The second-order valence-electron chi connectivity index (χ2n) is 5.70. The molecule has 0 aliphatic carbocycles. The highest BCUT2D eigenvalue weighted by Crippen LogP contribution is 2.25. The molecule has 1 aliphatic rings. The molecule has 1 atom stereocenters. The molecular weight excluding hydrogens is 321 g/mol. The summed E-state index contributed by atoms with van der Waals surface area (Å²) in [5, 5.41) is 2.59. The van der Waals surface area contributed by atoms with Crippen molar-refractivity contribution in [1.82, 2.24) is 10.9 Å². The molecule has 0 unspecified atom stereocenters. The zero-order chi connectivity index (χ0) is 16.9. The predicted molar refractivity (Wildman–Crippen MR) is 100 cm³/mol. The predicted octanol–water partition coefficient (Wildman–Crippen LogP) is 5.17. The molecule has 2 aromatic rings. The molecule has 0 bridgehead atoms. The van der Waals surface area contributed by atoms with Crippen molar-refractivity contribution >= 4 is 28.3 Å². The lowest BCUT2D eigenvalue weighted by molar-refractivity contribution is 0.630. The number of halogens is 1. The van der Waals surface area contributed by atoms with Gasteiger partial charge in [0, 0.05) is 5.41 Å². The molecule has 0 saturated heterocycles. The van der Waals surface area contributed by atoms with Crippen molar-refractivity contribution in [1.29, 1.82) is 0 Å². The van der Waals surface area contributed by atoms with Gasteiger partial charge in [-0.2, -0.15) is 0 Å². The van der Waals surface area contributed by atoms with Gasteiger partial charge in [-0.3, -0.25) is 10.9 Å². The van der Waals surface area contributed by atoms with Crippen molar-refractivity contribution in [3.05, 3.63) is 70.9 Å². The van der Waals surface area contributed by atoms with Crippen LogP contribution in [0, 0.1) is 5.82 Å². The average Bonchev–Trinajstić information content (AvgIpc) is 2.64. The molecule has 0 amide bonds. The molecule has 3 rings (SSSR count). The maximum absolute atomic E-state index is 13.6. The van der Waals surface area contributed by atoms with Gasteiger partial charge in [0.15, 0.2) is 5.17 Å². The van der Waals surface area contributed by atoms with Crippen LogP contribution in [0.15, 0.2) is 58.9 Å². The van der Waals surface area contributed by atoms with Crippen molar-refractivity contribution in [2.45, 2.75) is 26.2 Å². The highest BCUT2D eigenvalue weighted by Gasteiger charge is 2.11. The van der Waals surface area contributed by atoms with Crippen LogP contribution in [0.5, 0.6) is 0 Å². The van der Waals surface area contributed by atoms with Gasteiger partial charge in [-0.1, -0.05) is 62.0 Å². The Labute approximate surface area is 146 Å². The van der Waals surface area contributed by atoms with Crippen molar-refractivity contribution in [3.63, 3.8) is 0 Å². The van der Waals surface area contributed by atoms with Gasteiger partial charge in [-0.25, -0.2) is 9.38 Å². The number of hydrogen-bond acceptors (Lipinski definition) is 3. The van der Waals surface area contributed by atoms with Crippen molar-refractivity contribution < 1.29 is 4.39 Å². The SMILES string of the molecule is CC[C@@H](C)c1ccc(C2=CSC(=Nc3ccccc3F)NN2)cc1. The van der Waals surface area contributed by atoms with Crippen molar-refractivity contribution in [2.24, 2.45) is 4.99 Å². The summed E-state index contributed by atoms with van der Waals surface area (Å²) in [6.07, 6.45) is 1.13. The molecule has 1 heterocycles. The minimum Gasteiger partial charge on any atom is -0.298 e. The quantitative estimate of drug-likeness (QED) is 0.806. The fourth-order valence-electron chi connectivity index (χ4n) is 2.37. The minimum absolute atomic E-state index is 0.323. The monoisotopic (exact) mass is 341 g/mol. The molecule has 24 heavy (non-hydrogen) atoms.